The Kier molecular flexibility index (Phi) is 4.30. The molecule has 3 aromatic rings. The van der Waals surface area contributed by atoms with Crippen LogP contribution < -0.4 is 5.73 Å². The van der Waals surface area contributed by atoms with Gasteiger partial charge in [-0.25, -0.2) is 4.98 Å². The normalized spacial score (nSPS) is 10.9. The molecule has 0 radical (unpaired) electrons. The third-order valence-corrected chi connectivity index (χ3v) is 4.93. The number of aryl methyl sites for hydroxylation is 1. The lowest BCUT2D eigenvalue weighted by Gasteiger charge is -2.09. The first-order valence-electron chi connectivity index (χ1n) is 7.53. The number of thiazole rings is 1. The van der Waals surface area contributed by atoms with Crippen LogP contribution in [0.1, 0.15) is 27.3 Å². The summed E-state index contributed by atoms with van der Waals surface area (Å²) in [4.78, 5) is 16.3. The van der Waals surface area contributed by atoms with Crippen molar-refractivity contribution in [1.82, 2.24) is 9.55 Å². The zero-order valence-corrected chi connectivity index (χ0v) is 14.1. The van der Waals surface area contributed by atoms with E-state index in [4.69, 9.17) is 5.73 Å². The minimum Gasteiger partial charge on any atom is -0.366 e. The van der Waals surface area contributed by atoms with Gasteiger partial charge in [0.05, 0.1) is 5.56 Å². The highest BCUT2D eigenvalue weighted by Gasteiger charge is 2.23. The van der Waals surface area contributed by atoms with Gasteiger partial charge < -0.3 is 10.3 Å². The molecule has 1 aromatic carbocycles. The van der Waals surface area contributed by atoms with E-state index in [0.717, 1.165) is 34.9 Å². The first-order valence-corrected chi connectivity index (χ1v) is 8.41. The van der Waals surface area contributed by atoms with Gasteiger partial charge in [0, 0.05) is 35.1 Å². The first kappa shape index (κ1) is 15.5. The monoisotopic (exact) mass is 325 g/mol. The second-order valence-corrected chi connectivity index (χ2v) is 6.40. The molecule has 118 valence electrons. The molecule has 0 saturated carbocycles. The Balaban J connectivity index is 2.01. The highest BCUT2D eigenvalue weighted by Crippen LogP contribution is 2.33. The van der Waals surface area contributed by atoms with Crippen molar-refractivity contribution >= 4 is 17.2 Å². The average molecular weight is 325 g/mol. The van der Waals surface area contributed by atoms with Crippen molar-refractivity contribution < 1.29 is 4.79 Å². The molecule has 3 rings (SSSR count). The van der Waals surface area contributed by atoms with Crippen molar-refractivity contribution in [1.29, 1.82) is 0 Å². The molecule has 5 heteroatoms. The summed E-state index contributed by atoms with van der Waals surface area (Å²) in [5.74, 6) is -0.394. The minimum absolute atomic E-state index is 0.394. The second-order valence-electron chi connectivity index (χ2n) is 5.51. The smallest absolute Gasteiger partial charge is 0.251 e. The summed E-state index contributed by atoms with van der Waals surface area (Å²) in [5.41, 5.74) is 10.3. The molecule has 4 nitrogen and oxygen atoms in total. The molecule has 0 aliphatic carbocycles. The van der Waals surface area contributed by atoms with Crippen molar-refractivity contribution in [2.75, 3.05) is 0 Å². The Hall–Kier alpha value is -2.40. The topological polar surface area (TPSA) is 60.9 Å². The summed E-state index contributed by atoms with van der Waals surface area (Å²) in [6, 6.07) is 10.3. The van der Waals surface area contributed by atoms with E-state index in [1.54, 1.807) is 6.20 Å². The molecule has 2 N–H and O–H groups in total. The Bertz CT molecular complexity index is 820. The highest BCUT2D eigenvalue weighted by atomic mass is 32.1. The number of carbonyl (C=O) groups excluding carboxylic acids is 1. The van der Waals surface area contributed by atoms with Crippen molar-refractivity contribution in [3.05, 3.63) is 64.4 Å². The van der Waals surface area contributed by atoms with E-state index in [0.29, 0.717) is 5.56 Å². The van der Waals surface area contributed by atoms with E-state index < -0.39 is 5.91 Å². The zero-order valence-electron chi connectivity index (χ0n) is 13.2. The maximum absolute atomic E-state index is 12.0. The van der Waals surface area contributed by atoms with Crippen molar-refractivity contribution in [3.63, 3.8) is 0 Å². The number of carbonyl (C=O) groups is 1. The number of primary amides is 1. The zero-order chi connectivity index (χ0) is 16.4. The van der Waals surface area contributed by atoms with Crippen molar-refractivity contribution in [3.8, 4) is 10.6 Å². The lowest BCUT2D eigenvalue weighted by molar-refractivity contribution is 0.1000. The summed E-state index contributed by atoms with van der Waals surface area (Å²) in [7, 11) is 0. The molecule has 0 fully saturated rings. The molecule has 2 aromatic heterocycles. The van der Waals surface area contributed by atoms with Crippen molar-refractivity contribution in [2.45, 2.75) is 26.8 Å². The number of nitrogens with zero attached hydrogens (tertiary/aromatic N) is 2. The Morgan fingerprint density at radius 2 is 1.96 bits per heavy atom. The average Bonchev–Trinajstić information content (AvgIpc) is 3.13. The quantitative estimate of drug-likeness (QED) is 0.779. The molecular formula is C18H19N3OS. The maximum Gasteiger partial charge on any atom is 0.251 e. The standard InChI is InChI=1S/C18H19N3OS/c1-12-15(17(19)22)16(18-20-9-11-23-18)13(2)21(12)10-8-14-6-4-3-5-7-14/h3-7,9,11H,8,10H2,1-2H3,(H2,19,22). The largest absolute Gasteiger partial charge is 0.366 e. The minimum atomic E-state index is -0.394. The van der Waals surface area contributed by atoms with E-state index in [1.807, 2.05) is 37.4 Å². The number of aromatic nitrogens is 2. The maximum atomic E-state index is 12.0. The Morgan fingerprint density at radius 1 is 1.22 bits per heavy atom. The van der Waals surface area contributed by atoms with Gasteiger partial charge >= 0.3 is 0 Å². The van der Waals surface area contributed by atoms with Gasteiger partial charge in [-0.1, -0.05) is 30.3 Å². The molecule has 1 amide bonds. The molecular weight excluding hydrogens is 306 g/mol. The second kappa shape index (κ2) is 6.38. The number of nitrogens with two attached hydrogens (primary N) is 1. The fourth-order valence-electron chi connectivity index (χ4n) is 3.01. The van der Waals surface area contributed by atoms with Crippen LogP contribution in [0.5, 0.6) is 0 Å². The number of hydrogen-bond acceptors (Lipinski definition) is 3. The number of benzene rings is 1. The van der Waals surface area contributed by atoms with Crippen LogP contribution in [0, 0.1) is 13.8 Å². The molecule has 2 heterocycles. The van der Waals surface area contributed by atoms with E-state index >= 15 is 0 Å². The van der Waals surface area contributed by atoms with Gasteiger partial charge in [0.25, 0.3) is 5.91 Å². The van der Waals surface area contributed by atoms with Crippen molar-refractivity contribution in [2.24, 2.45) is 5.73 Å². The first-order chi connectivity index (χ1) is 11.1. The van der Waals surface area contributed by atoms with E-state index in [9.17, 15) is 4.79 Å². The van der Waals surface area contributed by atoms with Crippen LogP contribution in [0.25, 0.3) is 10.6 Å². The van der Waals surface area contributed by atoms with E-state index in [1.165, 1.54) is 16.9 Å². The van der Waals surface area contributed by atoms with E-state index in [2.05, 4.69) is 21.7 Å². The predicted molar refractivity (Wildman–Crippen MR) is 93.7 cm³/mol. The molecule has 0 atom stereocenters. The van der Waals surface area contributed by atoms with Crippen LogP contribution in [0.2, 0.25) is 0 Å². The molecule has 0 unspecified atom stereocenters. The lowest BCUT2D eigenvalue weighted by atomic mass is 10.1. The summed E-state index contributed by atoms with van der Waals surface area (Å²) in [6.07, 6.45) is 2.66. The van der Waals surface area contributed by atoms with E-state index in [-0.39, 0.29) is 0 Å². The van der Waals surface area contributed by atoms with Gasteiger partial charge in [-0.3, -0.25) is 4.79 Å². The van der Waals surface area contributed by atoms with Crippen LogP contribution in [0.3, 0.4) is 0 Å². The fourth-order valence-corrected chi connectivity index (χ4v) is 3.75. The highest BCUT2D eigenvalue weighted by molar-refractivity contribution is 7.13. The van der Waals surface area contributed by atoms with Crippen LogP contribution in [-0.2, 0) is 13.0 Å². The summed E-state index contributed by atoms with van der Waals surface area (Å²) >= 11 is 1.53. The van der Waals surface area contributed by atoms with Gasteiger partial charge in [0.15, 0.2) is 0 Å². The van der Waals surface area contributed by atoms with Gasteiger partial charge in [-0.15, -0.1) is 11.3 Å². The Labute approximate surface area is 139 Å². The van der Waals surface area contributed by atoms with Gasteiger partial charge in [0.1, 0.15) is 5.01 Å². The molecule has 0 saturated heterocycles. The van der Waals surface area contributed by atoms with Crippen LogP contribution in [0.4, 0.5) is 0 Å². The van der Waals surface area contributed by atoms with Gasteiger partial charge in [-0.05, 0) is 25.8 Å². The molecule has 0 aliphatic heterocycles. The molecule has 0 aliphatic rings. The van der Waals surface area contributed by atoms with Gasteiger partial charge in [-0.2, -0.15) is 0 Å². The SMILES string of the molecule is Cc1c(C(N)=O)c(-c2nccs2)c(C)n1CCc1ccccc1. The fraction of sp³-hybridized carbons (Fsp3) is 0.222. The molecule has 0 bridgehead atoms. The Morgan fingerprint density at radius 3 is 2.57 bits per heavy atom. The van der Waals surface area contributed by atoms with Crippen LogP contribution in [0.15, 0.2) is 41.9 Å². The summed E-state index contributed by atoms with van der Waals surface area (Å²) in [5, 5.41) is 2.76. The number of rotatable bonds is 5. The molecule has 0 spiro atoms. The third-order valence-electron chi connectivity index (χ3n) is 4.14. The number of amides is 1. The van der Waals surface area contributed by atoms with Crippen LogP contribution in [-0.4, -0.2) is 15.5 Å². The summed E-state index contributed by atoms with van der Waals surface area (Å²) in [6.45, 7) is 4.80. The van der Waals surface area contributed by atoms with Gasteiger partial charge in [0.2, 0.25) is 0 Å². The molecule has 23 heavy (non-hydrogen) atoms. The summed E-state index contributed by atoms with van der Waals surface area (Å²) < 4.78 is 2.17. The number of hydrogen-bond donors (Lipinski definition) is 1. The van der Waals surface area contributed by atoms with Crippen LogP contribution >= 0.6 is 11.3 Å². The third kappa shape index (κ3) is 2.92. The lowest BCUT2D eigenvalue weighted by Crippen LogP contribution is -2.13. The predicted octanol–water partition coefficient (Wildman–Crippen LogP) is 3.57.